The summed E-state index contributed by atoms with van der Waals surface area (Å²) < 4.78 is 0. The van der Waals surface area contributed by atoms with Gasteiger partial charge in [-0.05, 0) is 37.0 Å². The van der Waals surface area contributed by atoms with Crippen LogP contribution in [0.25, 0.3) is 0 Å². The van der Waals surface area contributed by atoms with Crippen molar-refractivity contribution in [1.82, 2.24) is 15.5 Å². The fraction of sp³-hybridized carbons (Fsp3) is 0.882. The number of hydrogen-bond acceptors (Lipinski definition) is 2. The molecule has 3 fully saturated rings. The highest BCUT2D eigenvalue weighted by Gasteiger charge is 2.43. The van der Waals surface area contributed by atoms with Crippen molar-refractivity contribution in [2.75, 3.05) is 26.2 Å². The lowest BCUT2D eigenvalue weighted by molar-refractivity contribution is -0.119. The Bertz CT molecular complexity index is 459. The minimum absolute atomic E-state index is 0.0177. The van der Waals surface area contributed by atoms with Gasteiger partial charge in [0.25, 0.3) is 0 Å². The van der Waals surface area contributed by atoms with Gasteiger partial charge in [0.15, 0.2) is 0 Å². The molecule has 22 heavy (non-hydrogen) atoms. The van der Waals surface area contributed by atoms with E-state index < -0.39 is 0 Å². The number of carbonyl (C=O) groups is 2. The maximum absolute atomic E-state index is 12.5. The summed E-state index contributed by atoms with van der Waals surface area (Å²) in [5.41, 5.74) is 0.169. The van der Waals surface area contributed by atoms with E-state index in [1.165, 1.54) is 19.3 Å². The van der Waals surface area contributed by atoms with Crippen molar-refractivity contribution in [3.05, 3.63) is 0 Å². The fourth-order valence-corrected chi connectivity index (χ4v) is 4.17. The molecule has 3 rings (SSSR count). The summed E-state index contributed by atoms with van der Waals surface area (Å²) in [4.78, 5) is 26.0. The van der Waals surface area contributed by atoms with E-state index in [1.807, 2.05) is 4.90 Å². The minimum atomic E-state index is -0.0177. The van der Waals surface area contributed by atoms with Crippen LogP contribution < -0.4 is 10.6 Å². The van der Waals surface area contributed by atoms with E-state index in [1.54, 1.807) is 0 Å². The van der Waals surface area contributed by atoms with Gasteiger partial charge in [-0.25, -0.2) is 4.79 Å². The molecule has 5 nitrogen and oxygen atoms in total. The molecular weight excluding hydrogens is 278 g/mol. The molecule has 1 saturated carbocycles. The van der Waals surface area contributed by atoms with Gasteiger partial charge in [0.2, 0.25) is 5.91 Å². The topological polar surface area (TPSA) is 61.4 Å². The maximum Gasteiger partial charge on any atom is 0.317 e. The van der Waals surface area contributed by atoms with Crippen LogP contribution >= 0.6 is 0 Å². The van der Waals surface area contributed by atoms with Crippen LogP contribution in [-0.4, -0.2) is 43.0 Å². The van der Waals surface area contributed by atoms with Crippen LogP contribution in [0.5, 0.6) is 0 Å². The molecule has 0 aromatic heterocycles. The van der Waals surface area contributed by atoms with Crippen LogP contribution in [-0.2, 0) is 4.79 Å². The van der Waals surface area contributed by atoms with E-state index in [2.05, 4.69) is 24.5 Å². The van der Waals surface area contributed by atoms with Crippen LogP contribution in [0.3, 0.4) is 0 Å². The third-order valence-corrected chi connectivity index (χ3v) is 6.05. The Kier molecular flexibility index (Phi) is 4.08. The molecule has 2 aliphatic heterocycles. The lowest BCUT2D eigenvalue weighted by Gasteiger charge is -2.42. The Hall–Kier alpha value is -1.26. The van der Waals surface area contributed by atoms with E-state index in [-0.39, 0.29) is 22.8 Å². The number of carbonyl (C=O) groups excluding carboxylic acids is 2. The number of nitrogens with zero attached hydrogens (tertiary/aromatic N) is 1. The Morgan fingerprint density at radius 1 is 1.41 bits per heavy atom. The Labute approximate surface area is 133 Å². The zero-order chi connectivity index (χ0) is 15.8. The molecule has 0 bridgehead atoms. The van der Waals surface area contributed by atoms with Gasteiger partial charge in [-0.15, -0.1) is 0 Å². The second-order valence-corrected chi connectivity index (χ2v) is 8.25. The first-order valence-corrected chi connectivity index (χ1v) is 8.70. The highest BCUT2D eigenvalue weighted by atomic mass is 16.2. The molecule has 1 atom stereocenters. The van der Waals surface area contributed by atoms with E-state index in [0.717, 1.165) is 38.4 Å². The van der Waals surface area contributed by atoms with Crippen molar-refractivity contribution in [3.8, 4) is 0 Å². The highest BCUT2D eigenvalue weighted by molar-refractivity contribution is 5.80. The molecule has 0 aromatic carbocycles. The first-order valence-electron chi connectivity index (χ1n) is 8.70. The molecule has 2 heterocycles. The number of rotatable bonds is 3. The minimum Gasteiger partial charge on any atom is -0.355 e. The molecule has 2 saturated heterocycles. The van der Waals surface area contributed by atoms with Crippen LogP contribution in [0, 0.1) is 16.7 Å². The maximum atomic E-state index is 12.5. The molecule has 5 heteroatoms. The van der Waals surface area contributed by atoms with Gasteiger partial charge in [0.1, 0.15) is 0 Å². The van der Waals surface area contributed by atoms with Crippen molar-refractivity contribution in [1.29, 1.82) is 0 Å². The predicted molar refractivity (Wildman–Crippen MR) is 85.4 cm³/mol. The molecular formula is C17H29N3O2. The predicted octanol–water partition coefficient (Wildman–Crippen LogP) is 2.12. The van der Waals surface area contributed by atoms with Crippen LogP contribution in [0.2, 0.25) is 0 Å². The highest BCUT2D eigenvalue weighted by Crippen LogP contribution is 2.41. The fourth-order valence-electron chi connectivity index (χ4n) is 4.17. The largest absolute Gasteiger partial charge is 0.355 e. The molecule has 3 amide bonds. The summed E-state index contributed by atoms with van der Waals surface area (Å²) in [6.45, 7) is 7.51. The average molecular weight is 307 g/mol. The number of hydrogen-bond donors (Lipinski definition) is 2. The van der Waals surface area contributed by atoms with Crippen molar-refractivity contribution < 1.29 is 9.59 Å². The number of urea groups is 1. The molecule has 0 aromatic rings. The van der Waals surface area contributed by atoms with Gasteiger partial charge < -0.3 is 15.5 Å². The van der Waals surface area contributed by atoms with Crippen molar-refractivity contribution in [2.24, 2.45) is 16.7 Å². The van der Waals surface area contributed by atoms with Gasteiger partial charge in [-0.2, -0.15) is 0 Å². The summed E-state index contributed by atoms with van der Waals surface area (Å²) >= 11 is 0. The van der Waals surface area contributed by atoms with Crippen LogP contribution in [0.4, 0.5) is 4.79 Å². The summed E-state index contributed by atoms with van der Waals surface area (Å²) in [6.07, 6.45) is 6.53. The van der Waals surface area contributed by atoms with Crippen LogP contribution in [0.15, 0.2) is 0 Å². The SMILES string of the molecule is CC(C)(CNC(=O)N1CCC[C@]2(CNC(=O)C2)C1)C1CCC1. The van der Waals surface area contributed by atoms with Gasteiger partial charge in [-0.3, -0.25) is 4.79 Å². The summed E-state index contributed by atoms with van der Waals surface area (Å²) in [6, 6.07) is 0.0471. The standard InChI is InChI=1S/C17H29N3O2/c1-16(2,13-5-3-6-13)10-19-15(22)20-8-4-7-17(12-20)9-14(21)18-11-17/h13H,3-12H2,1-2H3,(H,18,21)(H,19,22)/t17-/m0/s1. The summed E-state index contributed by atoms with van der Waals surface area (Å²) in [5, 5.41) is 6.07. The van der Waals surface area contributed by atoms with Gasteiger partial charge >= 0.3 is 6.03 Å². The lowest BCUT2D eigenvalue weighted by atomic mass is 9.67. The third-order valence-electron chi connectivity index (χ3n) is 6.05. The van der Waals surface area contributed by atoms with E-state index in [9.17, 15) is 9.59 Å². The third kappa shape index (κ3) is 3.08. The van der Waals surface area contributed by atoms with Gasteiger partial charge in [-0.1, -0.05) is 20.3 Å². The van der Waals surface area contributed by atoms with Crippen molar-refractivity contribution >= 4 is 11.9 Å². The first kappa shape index (κ1) is 15.6. The summed E-state index contributed by atoms with van der Waals surface area (Å²) in [5.74, 6) is 0.880. The smallest absolute Gasteiger partial charge is 0.317 e. The monoisotopic (exact) mass is 307 g/mol. The number of nitrogens with one attached hydrogen (secondary N) is 2. The molecule has 124 valence electrons. The van der Waals surface area contributed by atoms with Crippen molar-refractivity contribution in [2.45, 2.75) is 52.4 Å². The molecule has 0 radical (unpaired) electrons. The first-order chi connectivity index (χ1) is 10.4. The Balaban J connectivity index is 1.52. The van der Waals surface area contributed by atoms with Crippen molar-refractivity contribution in [3.63, 3.8) is 0 Å². The van der Waals surface area contributed by atoms with E-state index in [4.69, 9.17) is 0 Å². The van der Waals surface area contributed by atoms with Gasteiger partial charge in [0, 0.05) is 38.0 Å². The number of likely N-dealkylation sites (tertiary alicyclic amines) is 1. The summed E-state index contributed by atoms with van der Waals surface area (Å²) in [7, 11) is 0. The zero-order valence-corrected chi connectivity index (χ0v) is 13.9. The molecule has 1 aliphatic carbocycles. The normalized spacial score (nSPS) is 29.4. The van der Waals surface area contributed by atoms with E-state index >= 15 is 0 Å². The zero-order valence-electron chi connectivity index (χ0n) is 13.9. The van der Waals surface area contributed by atoms with Gasteiger partial charge in [0.05, 0.1) is 0 Å². The van der Waals surface area contributed by atoms with Crippen LogP contribution in [0.1, 0.15) is 52.4 Å². The molecule has 3 aliphatic rings. The van der Waals surface area contributed by atoms with E-state index in [0.29, 0.717) is 13.0 Å². The molecule has 1 spiro atoms. The quantitative estimate of drug-likeness (QED) is 0.839. The number of amides is 3. The lowest BCUT2D eigenvalue weighted by Crippen LogP contribution is -2.52. The molecule has 2 N–H and O–H groups in total. The number of piperidine rings is 1. The molecule has 0 unspecified atom stereocenters. The second-order valence-electron chi connectivity index (χ2n) is 8.25. The Morgan fingerprint density at radius 2 is 2.18 bits per heavy atom. The average Bonchev–Trinajstić information content (AvgIpc) is 2.74. The Morgan fingerprint density at radius 3 is 2.77 bits per heavy atom. The second kappa shape index (κ2) is 5.74.